The van der Waals surface area contributed by atoms with E-state index < -0.39 is 5.97 Å². The molecule has 1 aliphatic heterocycles. The zero-order valence-electron chi connectivity index (χ0n) is 9.88. The Labute approximate surface area is 99.2 Å². The van der Waals surface area contributed by atoms with E-state index in [-0.39, 0.29) is 5.92 Å². The van der Waals surface area contributed by atoms with Gasteiger partial charge < -0.3 is 14.7 Å². The van der Waals surface area contributed by atoms with E-state index in [0.717, 1.165) is 11.4 Å². The highest BCUT2D eigenvalue weighted by Gasteiger charge is 2.34. The first kappa shape index (κ1) is 11.6. The average molecular weight is 237 g/mol. The normalized spacial score (nSPS) is 15.5. The Morgan fingerprint density at radius 3 is 2.88 bits per heavy atom. The quantitative estimate of drug-likeness (QED) is 0.831. The largest absolute Gasteiger partial charge is 0.481 e. The number of nitrogens with zero attached hydrogens (tertiary/aromatic N) is 3. The van der Waals surface area contributed by atoms with Gasteiger partial charge in [0, 0.05) is 13.1 Å². The summed E-state index contributed by atoms with van der Waals surface area (Å²) in [4.78, 5) is 20.9. The minimum Gasteiger partial charge on any atom is -0.481 e. The van der Waals surface area contributed by atoms with Gasteiger partial charge in [-0.1, -0.05) is 0 Å². The molecule has 0 aliphatic carbocycles. The predicted octanol–water partition coefficient (Wildman–Crippen LogP) is 0.705. The molecule has 2 rings (SSSR count). The van der Waals surface area contributed by atoms with E-state index in [1.54, 1.807) is 0 Å². The standard InChI is InChI=1S/C11H15N3O3/c1-3-17-10-7(2)9(12-6-13-10)14-4-8(5-14)11(15)16/h6,8H,3-5H2,1-2H3,(H,15,16). The van der Waals surface area contributed by atoms with Crippen molar-refractivity contribution in [3.63, 3.8) is 0 Å². The second kappa shape index (κ2) is 4.57. The summed E-state index contributed by atoms with van der Waals surface area (Å²) in [5.41, 5.74) is 0.859. The van der Waals surface area contributed by atoms with E-state index in [4.69, 9.17) is 9.84 Å². The van der Waals surface area contributed by atoms with Gasteiger partial charge in [-0.2, -0.15) is 0 Å². The van der Waals surface area contributed by atoms with Crippen molar-refractivity contribution in [3.05, 3.63) is 11.9 Å². The summed E-state index contributed by atoms with van der Waals surface area (Å²) >= 11 is 0. The van der Waals surface area contributed by atoms with E-state index in [1.165, 1.54) is 6.33 Å². The highest BCUT2D eigenvalue weighted by Crippen LogP contribution is 2.29. The maximum absolute atomic E-state index is 10.7. The average Bonchev–Trinajstić information content (AvgIpc) is 2.21. The molecule has 0 aromatic carbocycles. The molecule has 1 aromatic heterocycles. The molecule has 1 aromatic rings. The minimum atomic E-state index is -0.752. The van der Waals surface area contributed by atoms with E-state index in [9.17, 15) is 4.79 Å². The Bertz CT molecular complexity index is 430. The van der Waals surface area contributed by atoms with Crippen LogP contribution < -0.4 is 9.64 Å². The lowest BCUT2D eigenvalue weighted by atomic mass is 10.0. The van der Waals surface area contributed by atoms with Gasteiger partial charge in [-0.05, 0) is 13.8 Å². The number of anilines is 1. The van der Waals surface area contributed by atoms with Crippen molar-refractivity contribution in [3.8, 4) is 5.88 Å². The number of ether oxygens (including phenoxy) is 1. The molecule has 1 aliphatic rings. The highest BCUT2D eigenvalue weighted by atomic mass is 16.5. The van der Waals surface area contributed by atoms with Crippen molar-refractivity contribution in [2.45, 2.75) is 13.8 Å². The van der Waals surface area contributed by atoms with Crippen molar-refractivity contribution < 1.29 is 14.6 Å². The van der Waals surface area contributed by atoms with Crippen LogP contribution in [0.25, 0.3) is 0 Å². The van der Waals surface area contributed by atoms with Gasteiger partial charge in [0.15, 0.2) is 0 Å². The van der Waals surface area contributed by atoms with Crippen LogP contribution in [0, 0.1) is 12.8 Å². The number of hydrogen-bond donors (Lipinski definition) is 1. The lowest BCUT2D eigenvalue weighted by Crippen LogP contribution is -2.51. The molecule has 1 N–H and O–H groups in total. The van der Waals surface area contributed by atoms with Gasteiger partial charge in [-0.15, -0.1) is 0 Å². The molecule has 92 valence electrons. The first-order chi connectivity index (χ1) is 8.13. The van der Waals surface area contributed by atoms with Crippen molar-refractivity contribution in [2.75, 3.05) is 24.6 Å². The summed E-state index contributed by atoms with van der Waals surface area (Å²) in [5.74, 6) is 0.287. The van der Waals surface area contributed by atoms with Crippen LogP contribution in [-0.2, 0) is 4.79 Å². The molecule has 6 heteroatoms. The second-order valence-electron chi connectivity index (χ2n) is 4.00. The van der Waals surface area contributed by atoms with E-state index in [2.05, 4.69) is 9.97 Å². The zero-order valence-corrected chi connectivity index (χ0v) is 9.88. The number of hydrogen-bond acceptors (Lipinski definition) is 5. The summed E-state index contributed by atoms with van der Waals surface area (Å²) in [6.45, 7) is 5.33. The summed E-state index contributed by atoms with van der Waals surface area (Å²) in [5, 5.41) is 8.82. The third-order valence-corrected chi connectivity index (χ3v) is 2.82. The van der Waals surface area contributed by atoms with Crippen LogP contribution in [-0.4, -0.2) is 40.7 Å². The molecule has 0 amide bonds. The minimum absolute atomic E-state index is 0.292. The number of aliphatic carboxylic acids is 1. The first-order valence-corrected chi connectivity index (χ1v) is 5.55. The number of aromatic nitrogens is 2. The summed E-state index contributed by atoms with van der Waals surface area (Å²) in [7, 11) is 0. The smallest absolute Gasteiger partial charge is 0.310 e. The van der Waals surface area contributed by atoms with Gasteiger partial charge in [-0.3, -0.25) is 4.79 Å². The van der Waals surface area contributed by atoms with Gasteiger partial charge >= 0.3 is 5.97 Å². The fourth-order valence-electron chi connectivity index (χ4n) is 1.83. The fourth-order valence-corrected chi connectivity index (χ4v) is 1.83. The van der Waals surface area contributed by atoms with Crippen LogP contribution in [0.4, 0.5) is 5.82 Å². The van der Waals surface area contributed by atoms with Crippen molar-refractivity contribution in [2.24, 2.45) is 5.92 Å². The summed E-state index contributed by atoms with van der Waals surface area (Å²) in [6.07, 6.45) is 1.45. The lowest BCUT2D eigenvalue weighted by Gasteiger charge is -2.38. The Morgan fingerprint density at radius 2 is 2.29 bits per heavy atom. The van der Waals surface area contributed by atoms with Crippen LogP contribution in [0.3, 0.4) is 0 Å². The zero-order chi connectivity index (χ0) is 12.4. The van der Waals surface area contributed by atoms with Crippen LogP contribution in [0.5, 0.6) is 5.88 Å². The molecular formula is C11H15N3O3. The molecule has 0 bridgehead atoms. The van der Waals surface area contributed by atoms with Crippen LogP contribution in [0.1, 0.15) is 12.5 Å². The third kappa shape index (κ3) is 2.15. The maximum atomic E-state index is 10.7. The Hall–Kier alpha value is -1.85. The fraction of sp³-hybridized carbons (Fsp3) is 0.545. The Balaban J connectivity index is 2.12. The van der Waals surface area contributed by atoms with Crippen molar-refractivity contribution in [1.82, 2.24) is 9.97 Å². The Morgan fingerprint density at radius 1 is 1.59 bits per heavy atom. The molecule has 0 radical (unpaired) electrons. The molecule has 1 saturated heterocycles. The van der Waals surface area contributed by atoms with Crippen LogP contribution >= 0.6 is 0 Å². The number of carbonyl (C=O) groups is 1. The lowest BCUT2D eigenvalue weighted by molar-refractivity contribution is -0.142. The van der Waals surface area contributed by atoms with Gasteiger partial charge in [0.2, 0.25) is 5.88 Å². The van der Waals surface area contributed by atoms with E-state index >= 15 is 0 Å². The molecule has 1 fully saturated rings. The molecule has 17 heavy (non-hydrogen) atoms. The van der Waals surface area contributed by atoms with Crippen LogP contribution in [0.2, 0.25) is 0 Å². The first-order valence-electron chi connectivity index (χ1n) is 5.55. The van der Waals surface area contributed by atoms with E-state index in [1.807, 2.05) is 18.7 Å². The topological polar surface area (TPSA) is 75.6 Å². The van der Waals surface area contributed by atoms with Crippen molar-refractivity contribution >= 4 is 11.8 Å². The van der Waals surface area contributed by atoms with E-state index in [0.29, 0.717) is 25.6 Å². The number of carboxylic acid groups (broad SMARTS) is 1. The number of rotatable bonds is 4. The molecular weight excluding hydrogens is 222 g/mol. The SMILES string of the molecule is CCOc1ncnc(N2CC(C(=O)O)C2)c1C. The molecule has 0 saturated carbocycles. The van der Waals surface area contributed by atoms with Gasteiger partial charge in [-0.25, -0.2) is 9.97 Å². The molecule has 0 spiro atoms. The Kier molecular flexibility index (Phi) is 3.12. The number of carboxylic acids is 1. The third-order valence-electron chi connectivity index (χ3n) is 2.82. The predicted molar refractivity (Wildman–Crippen MR) is 61.3 cm³/mol. The van der Waals surface area contributed by atoms with Crippen molar-refractivity contribution in [1.29, 1.82) is 0 Å². The summed E-state index contributed by atoms with van der Waals surface area (Å²) < 4.78 is 5.38. The molecule has 2 heterocycles. The van der Waals surface area contributed by atoms with Crippen LogP contribution in [0.15, 0.2) is 6.33 Å². The monoisotopic (exact) mass is 237 g/mol. The molecule has 0 unspecified atom stereocenters. The maximum Gasteiger partial charge on any atom is 0.310 e. The van der Waals surface area contributed by atoms with Gasteiger partial charge in [0.25, 0.3) is 0 Å². The van der Waals surface area contributed by atoms with Gasteiger partial charge in [0.05, 0.1) is 18.1 Å². The molecule has 6 nitrogen and oxygen atoms in total. The van der Waals surface area contributed by atoms with Gasteiger partial charge in [0.1, 0.15) is 12.1 Å². The molecule has 0 atom stereocenters. The summed E-state index contributed by atoms with van der Waals surface area (Å²) in [6, 6.07) is 0. The second-order valence-corrected chi connectivity index (χ2v) is 4.00. The highest BCUT2D eigenvalue weighted by molar-refractivity contribution is 5.74.